The van der Waals surface area contributed by atoms with Crippen LogP contribution in [-0.4, -0.2) is 56.4 Å². The number of hydrogen-bond donors (Lipinski definition) is 3. The van der Waals surface area contributed by atoms with Gasteiger partial charge < -0.3 is 25.4 Å². The number of fused-ring (bicyclic) bond motifs is 1. The Balaban J connectivity index is 1.56. The number of carbonyl (C=O) groups is 1. The van der Waals surface area contributed by atoms with E-state index in [-0.39, 0.29) is 56.1 Å². The molecule has 0 saturated carbocycles. The van der Waals surface area contributed by atoms with Crippen molar-refractivity contribution in [3.8, 4) is 16.9 Å². The number of nitrogens with zero attached hydrogens (tertiary/aromatic N) is 5. The highest BCUT2D eigenvalue weighted by molar-refractivity contribution is 7.22. The molecule has 0 aliphatic carbocycles. The molecule has 0 saturated heterocycles. The summed E-state index contributed by atoms with van der Waals surface area (Å²) in [6.45, 7) is 0.349. The van der Waals surface area contributed by atoms with E-state index in [4.69, 9.17) is 9.84 Å². The Morgan fingerprint density at radius 2 is 1.93 bits per heavy atom. The van der Waals surface area contributed by atoms with Gasteiger partial charge in [0.2, 0.25) is 5.95 Å². The number of anilines is 4. The molecule has 3 N–H and O–H groups in total. The van der Waals surface area contributed by atoms with Crippen molar-refractivity contribution < 1.29 is 36.8 Å². The van der Waals surface area contributed by atoms with Gasteiger partial charge in [-0.1, -0.05) is 6.07 Å². The number of amides is 1. The number of methoxy groups -OCH3 is 1. The average molecular weight is 632 g/mol. The summed E-state index contributed by atoms with van der Waals surface area (Å²) in [7, 11) is 2.80. The summed E-state index contributed by atoms with van der Waals surface area (Å²) in [6.07, 6.45) is -0.631. The van der Waals surface area contributed by atoms with E-state index in [1.165, 1.54) is 29.9 Å². The molecule has 230 valence electrons. The van der Waals surface area contributed by atoms with Gasteiger partial charge in [0.15, 0.2) is 8.46 Å². The summed E-state index contributed by atoms with van der Waals surface area (Å²) in [4.78, 5) is 22.4. The second-order valence-electron chi connectivity index (χ2n) is 9.89. The molecular formula is C28H26F4N7O4P. The zero-order chi connectivity index (χ0) is 31.6. The predicted octanol–water partition coefficient (Wildman–Crippen LogP) is 5.75. The molecule has 0 spiro atoms. The lowest BCUT2D eigenvalue weighted by Crippen LogP contribution is -2.18. The maximum atomic E-state index is 15.7. The summed E-state index contributed by atoms with van der Waals surface area (Å²) in [6, 6.07) is 5.81. The monoisotopic (exact) mass is 631 g/mol. The number of aromatic nitrogens is 4. The second kappa shape index (κ2) is 12.5. The predicted molar refractivity (Wildman–Crippen MR) is 153 cm³/mol. The van der Waals surface area contributed by atoms with Crippen molar-refractivity contribution >= 4 is 37.5 Å². The number of benzene rings is 2. The number of alkyl halides is 3. The van der Waals surface area contributed by atoms with Gasteiger partial charge in [0, 0.05) is 50.3 Å². The van der Waals surface area contributed by atoms with Crippen LogP contribution in [0.1, 0.15) is 33.5 Å². The minimum absolute atomic E-state index is 0.00294. The fourth-order valence-corrected chi connectivity index (χ4v) is 5.21. The molecule has 11 nitrogen and oxygen atoms in total. The van der Waals surface area contributed by atoms with Crippen LogP contribution in [0.25, 0.3) is 11.1 Å². The minimum Gasteiger partial charge on any atom is -0.495 e. The first-order valence-electron chi connectivity index (χ1n) is 13.2. The second-order valence-corrected chi connectivity index (χ2v) is 10.5. The fourth-order valence-electron chi connectivity index (χ4n) is 4.87. The van der Waals surface area contributed by atoms with Gasteiger partial charge in [-0.05, 0) is 35.7 Å². The number of halogens is 4. The fraction of sp³-hybridized carbons (Fsp3) is 0.286. The van der Waals surface area contributed by atoms with Gasteiger partial charge in [0.05, 0.1) is 36.4 Å². The third-order valence-electron chi connectivity index (χ3n) is 6.91. The van der Waals surface area contributed by atoms with Crippen molar-refractivity contribution in [3.63, 3.8) is 0 Å². The lowest BCUT2D eigenvalue weighted by molar-refractivity contribution is -0.137. The Hall–Kier alpha value is -4.62. The van der Waals surface area contributed by atoms with Gasteiger partial charge in [-0.15, -0.1) is 0 Å². The molecule has 1 aliphatic rings. The lowest BCUT2D eigenvalue weighted by atomic mass is 9.96. The number of hydrogen-bond acceptors (Lipinski definition) is 9. The van der Waals surface area contributed by atoms with Crippen LogP contribution < -0.4 is 15.4 Å². The van der Waals surface area contributed by atoms with Gasteiger partial charge in [-0.2, -0.15) is 23.3 Å². The van der Waals surface area contributed by atoms with E-state index in [0.29, 0.717) is 41.7 Å². The van der Waals surface area contributed by atoms with Crippen LogP contribution in [0.2, 0.25) is 0 Å². The molecular weight excluding hydrogens is 605 g/mol. The maximum Gasteiger partial charge on any atom is 0.421 e. The molecule has 0 fully saturated rings. The Bertz CT molecular complexity index is 1730. The van der Waals surface area contributed by atoms with Crippen LogP contribution in [0.3, 0.4) is 0 Å². The molecule has 16 heteroatoms. The molecule has 1 amide bonds. The number of aryl methyl sites for hydroxylation is 1. The van der Waals surface area contributed by atoms with Crippen LogP contribution in [-0.2, 0) is 30.0 Å². The van der Waals surface area contributed by atoms with Crippen molar-refractivity contribution in [2.75, 3.05) is 31.4 Å². The van der Waals surface area contributed by atoms with Gasteiger partial charge >= 0.3 is 6.18 Å². The highest BCUT2D eigenvalue weighted by Gasteiger charge is 2.37. The zero-order valence-corrected chi connectivity index (χ0v) is 24.3. The summed E-state index contributed by atoms with van der Waals surface area (Å²) < 4.78 is 75.7. The number of rotatable bonds is 11. The molecule has 44 heavy (non-hydrogen) atoms. The first-order valence-corrected chi connectivity index (χ1v) is 14.2. The molecule has 3 heterocycles. The van der Waals surface area contributed by atoms with E-state index in [0.717, 1.165) is 6.07 Å². The number of aliphatic hydroxyl groups excluding tert-OH is 1. The third kappa shape index (κ3) is 6.19. The minimum atomic E-state index is -4.89. The van der Waals surface area contributed by atoms with E-state index >= 15 is 4.39 Å². The molecule has 0 radical (unpaired) electrons. The third-order valence-corrected chi connectivity index (χ3v) is 7.41. The number of carbonyl (C=O) groups excluding carboxylic acids is 1. The molecule has 5 rings (SSSR count). The van der Waals surface area contributed by atoms with Crippen LogP contribution in [0.15, 0.2) is 42.9 Å². The molecule has 0 atom stereocenters. The largest absolute Gasteiger partial charge is 0.495 e. The highest BCUT2D eigenvalue weighted by Crippen LogP contribution is 2.42. The molecule has 4 aromatic rings. The first-order chi connectivity index (χ1) is 21.0. The summed E-state index contributed by atoms with van der Waals surface area (Å²) in [5.41, 5.74) is 0.368. The molecule has 2 aromatic heterocycles. The van der Waals surface area contributed by atoms with Gasteiger partial charge in [0.1, 0.15) is 22.9 Å². The standard InChI is InChI=1S/C28H26F4N7O4P/c1-38-13-17-23(16-10-34-39(12-16)6-3-7-40)19(29)9-21(24(17)26(38)41)35-25-18(28(30,31)32)11-33-27(37-25)36-20-5-4-15(14-44-42)8-22(20)43-2/h4-5,8-12,40H,3,6-7,13-14H2,1-2H3,(H2,33,35,36,37). The van der Waals surface area contributed by atoms with Crippen molar-refractivity contribution in [2.45, 2.75) is 31.8 Å². The first kappa shape index (κ1) is 30.8. The molecule has 1 aliphatic heterocycles. The Kier molecular flexibility index (Phi) is 8.79. The summed E-state index contributed by atoms with van der Waals surface area (Å²) in [5.74, 6) is -1.92. The topological polar surface area (TPSA) is 134 Å². The molecule has 2 aromatic carbocycles. The van der Waals surface area contributed by atoms with E-state index in [9.17, 15) is 22.5 Å². The van der Waals surface area contributed by atoms with Crippen molar-refractivity contribution in [2.24, 2.45) is 0 Å². The Morgan fingerprint density at radius 1 is 1.14 bits per heavy atom. The maximum absolute atomic E-state index is 15.7. The lowest BCUT2D eigenvalue weighted by Gasteiger charge is -2.18. The van der Waals surface area contributed by atoms with Crippen LogP contribution >= 0.6 is 8.46 Å². The van der Waals surface area contributed by atoms with E-state index in [1.807, 2.05) is 0 Å². The zero-order valence-electron chi connectivity index (χ0n) is 23.4. The SMILES string of the molecule is COc1cc(CP=O)ccc1Nc1ncc(C(F)(F)F)c(Nc2cc(F)c(-c3cnn(CCCO)c3)c3c2C(=O)N(C)C3)n1. The van der Waals surface area contributed by atoms with Crippen LogP contribution in [0.5, 0.6) is 5.75 Å². The Morgan fingerprint density at radius 3 is 2.64 bits per heavy atom. The average Bonchev–Trinajstić information content (AvgIpc) is 3.56. The molecule has 0 bridgehead atoms. The summed E-state index contributed by atoms with van der Waals surface area (Å²) >= 11 is 0. The van der Waals surface area contributed by atoms with E-state index < -0.39 is 29.3 Å². The van der Waals surface area contributed by atoms with Gasteiger partial charge in [-0.3, -0.25) is 14.0 Å². The summed E-state index contributed by atoms with van der Waals surface area (Å²) in [5, 5.41) is 18.6. The van der Waals surface area contributed by atoms with Crippen molar-refractivity contribution in [1.82, 2.24) is 24.6 Å². The molecule has 0 unspecified atom stereocenters. The van der Waals surface area contributed by atoms with E-state index in [1.54, 1.807) is 24.4 Å². The van der Waals surface area contributed by atoms with Gasteiger partial charge in [0.25, 0.3) is 5.91 Å². The van der Waals surface area contributed by atoms with Crippen LogP contribution in [0.4, 0.5) is 40.7 Å². The smallest absolute Gasteiger partial charge is 0.421 e. The van der Waals surface area contributed by atoms with Crippen molar-refractivity contribution in [3.05, 3.63) is 70.9 Å². The Labute approximate surface area is 250 Å². The number of aliphatic hydroxyl groups is 1. The number of nitrogens with one attached hydrogen (secondary N) is 2. The van der Waals surface area contributed by atoms with Crippen LogP contribution in [0, 0.1) is 5.82 Å². The van der Waals surface area contributed by atoms with Gasteiger partial charge in [-0.25, -0.2) is 9.37 Å². The normalized spacial score (nSPS) is 13.0. The quantitative estimate of drug-likeness (QED) is 0.140. The highest BCUT2D eigenvalue weighted by atomic mass is 31.1. The van der Waals surface area contributed by atoms with Crippen molar-refractivity contribution in [1.29, 1.82) is 0 Å². The number of ether oxygens (including phenoxy) is 1. The van der Waals surface area contributed by atoms with E-state index in [2.05, 4.69) is 25.7 Å².